The Balaban J connectivity index is 1.28. The molecular formula is C26H19ClN4O4. The molecule has 0 aliphatic carbocycles. The molecule has 2 aromatic carbocycles. The molecule has 3 heterocycles. The van der Waals surface area contributed by atoms with Crippen molar-refractivity contribution in [2.75, 3.05) is 10.6 Å². The van der Waals surface area contributed by atoms with Gasteiger partial charge >= 0.3 is 0 Å². The minimum Gasteiger partial charge on any atom is -0.487 e. The topological polar surface area (TPSA) is 97.9 Å². The van der Waals surface area contributed by atoms with Crippen LogP contribution in [0, 0.1) is 0 Å². The number of fused-ring (bicyclic) bond motifs is 1. The quantitative estimate of drug-likeness (QED) is 0.309. The molecule has 0 spiro atoms. The number of nitrogens with zero attached hydrogens (tertiary/aromatic N) is 2. The lowest BCUT2D eigenvalue weighted by Crippen LogP contribution is -2.16. The van der Waals surface area contributed by atoms with Crippen LogP contribution in [0.3, 0.4) is 0 Å². The minimum atomic E-state index is -0.463. The van der Waals surface area contributed by atoms with Gasteiger partial charge in [-0.15, -0.1) is 0 Å². The molecule has 0 saturated carbocycles. The van der Waals surface area contributed by atoms with Crippen molar-refractivity contribution in [1.29, 1.82) is 0 Å². The summed E-state index contributed by atoms with van der Waals surface area (Å²) in [6, 6.07) is 20.5. The van der Waals surface area contributed by atoms with Crippen molar-refractivity contribution in [1.82, 2.24) is 9.38 Å². The Labute approximate surface area is 205 Å². The number of nitrogens with one attached hydrogen (secondary N) is 2. The highest BCUT2D eigenvalue weighted by Crippen LogP contribution is 2.27. The van der Waals surface area contributed by atoms with Gasteiger partial charge in [0.05, 0.1) is 23.3 Å². The summed E-state index contributed by atoms with van der Waals surface area (Å²) >= 11 is 6.10. The maximum absolute atomic E-state index is 13.0. The maximum atomic E-state index is 13.0. The highest BCUT2D eigenvalue weighted by Gasteiger charge is 2.15. The molecule has 0 atom stereocenters. The van der Waals surface area contributed by atoms with E-state index in [1.807, 2.05) is 35.0 Å². The van der Waals surface area contributed by atoms with E-state index in [-0.39, 0.29) is 18.3 Å². The molecule has 0 bridgehead atoms. The van der Waals surface area contributed by atoms with Crippen molar-refractivity contribution in [3.05, 3.63) is 113 Å². The molecule has 3 aromatic heterocycles. The van der Waals surface area contributed by atoms with Gasteiger partial charge in [0.2, 0.25) is 0 Å². The van der Waals surface area contributed by atoms with E-state index in [9.17, 15) is 9.59 Å². The molecule has 5 rings (SSSR count). The second kappa shape index (κ2) is 9.74. The first-order chi connectivity index (χ1) is 17.0. The van der Waals surface area contributed by atoms with Crippen LogP contribution in [0.2, 0.25) is 5.02 Å². The predicted octanol–water partition coefficient (Wildman–Crippen LogP) is 5.66. The van der Waals surface area contributed by atoms with Crippen LogP contribution in [-0.2, 0) is 6.61 Å². The van der Waals surface area contributed by atoms with Crippen molar-refractivity contribution >= 4 is 40.4 Å². The summed E-state index contributed by atoms with van der Waals surface area (Å²) < 4.78 is 12.9. The molecule has 8 nitrogen and oxygen atoms in total. The van der Waals surface area contributed by atoms with E-state index < -0.39 is 5.91 Å². The lowest BCUT2D eigenvalue weighted by atomic mass is 10.2. The van der Waals surface area contributed by atoms with Gasteiger partial charge in [0.15, 0.2) is 5.76 Å². The van der Waals surface area contributed by atoms with E-state index in [1.54, 1.807) is 48.5 Å². The van der Waals surface area contributed by atoms with Crippen LogP contribution in [0.5, 0.6) is 5.75 Å². The van der Waals surface area contributed by atoms with E-state index >= 15 is 0 Å². The summed E-state index contributed by atoms with van der Waals surface area (Å²) in [7, 11) is 0. The molecule has 0 fully saturated rings. The van der Waals surface area contributed by atoms with Crippen LogP contribution in [0.25, 0.3) is 5.65 Å². The van der Waals surface area contributed by atoms with Gasteiger partial charge < -0.3 is 24.2 Å². The van der Waals surface area contributed by atoms with Gasteiger partial charge in [0, 0.05) is 23.0 Å². The fourth-order valence-corrected chi connectivity index (χ4v) is 3.63. The van der Waals surface area contributed by atoms with Crippen molar-refractivity contribution in [3.63, 3.8) is 0 Å². The van der Waals surface area contributed by atoms with Crippen molar-refractivity contribution in [2.24, 2.45) is 0 Å². The van der Waals surface area contributed by atoms with Crippen LogP contribution in [0.4, 0.5) is 11.4 Å². The minimum absolute atomic E-state index is 0.137. The number of amides is 2. The number of imidazole rings is 1. The second-order valence-corrected chi connectivity index (χ2v) is 8.03. The Morgan fingerprint density at radius 1 is 0.943 bits per heavy atom. The standard InChI is InChI=1S/C26H19ClN4O4/c27-18-9-10-21(22(14-18)30-26(33)23-7-4-12-34-23)29-25(32)17-5-3-6-20(13-17)35-16-19-15-31-11-2-1-8-24(31)28-19/h1-15H,16H2,(H,29,32)(H,30,33). The normalized spacial score (nSPS) is 10.8. The molecular weight excluding hydrogens is 468 g/mol. The van der Waals surface area contributed by atoms with Crippen LogP contribution >= 0.6 is 11.6 Å². The molecule has 5 aromatic rings. The number of aromatic nitrogens is 2. The first-order valence-corrected chi connectivity index (χ1v) is 11.0. The Morgan fingerprint density at radius 2 is 1.83 bits per heavy atom. The Bertz CT molecular complexity index is 1480. The summed E-state index contributed by atoms with van der Waals surface area (Å²) in [6.07, 6.45) is 5.21. The predicted molar refractivity (Wildman–Crippen MR) is 132 cm³/mol. The summed E-state index contributed by atoms with van der Waals surface area (Å²) in [5, 5.41) is 5.92. The lowest BCUT2D eigenvalue weighted by Gasteiger charge is -2.13. The molecule has 0 aliphatic rings. The average molecular weight is 487 g/mol. The monoisotopic (exact) mass is 486 g/mol. The summed E-state index contributed by atoms with van der Waals surface area (Å²) in [5.41, 5.74) is 2.71. The smallest absolute Gasteiger partial charge is 0.291 e. The van der Waals surface area contributed by atoms with Crippen LogP contribution in [0.1, 0.15) is 26.6 Å². The van der Waals surface area contributed by atoms with E-state index in [4.69, 9.17) is 20.8 Å². The van der Waals surface area contributed by atoms with E-state index in [1.165, 1.54) is 12.3 Å². The number of carbonyl (C=O) groups excluding carboxylic acids is 2. The molecule has 0 unspecified atom stereocenters. The van der Waals surface area contributed by atoms with Crippen LogP contribution in [-0.4, -0.2) is 21.2 Å². The van der Waals surface area contributed by atoms with Gasteiger partial charge in [0.1, 0.15) is 18.0 Å². The zero-order valence-electron chi connectivity index (χ0n) is 18.3. The van der Waals surface area contributed by atoms with Crippen molar-refractivity contribution in [2.45, 2.75) is 6.61 Å². The molecule has 9 heteroatoms. The summed E-state index contributed by atoms with van der Waals surface area (Å²) in [4.78, 5) is 29.9. The number of hydrogen-bond donors (Lipinski definition) is 2. The third kappa shape index (κ3) is 5.18. The van der Waals surface area contributed by atoms with Crippen molar-refractivity contribution < 1.29 is 18.7 Å². The summed E-state index contributed by atoms with van der Waals surface area (Å²) in [5.74, 6) is -0.177. The van der Waals surface area contributed by atoms with Crippen LogP contribution in [0.15, 0.2) is 95.9 Å². The van der Waals surface area contributed by atoms with Crippen molar-refractivity contribution in [3.8, 4) is 5.75 Å². The number of benzene rings is 2. The molecule has 0 saturated heterocycles. The third-order valence-corrected chi connectivity index (χ3v) is 5.35. The maximum Gasteiger partial charge on any atom is 0.291 e. The number of halogens is 1. The second-order valence-electron chi connectivity index (χ2n) is 7.59. The lowest BCUT2D eigenvalue weighted by molar-refractivity contribution is 0.0993. The Hall–Kier alpha value is -4.56. The van der Waals surface area contributed by atoms with Gasteiger partial charge in [-0.25, -0.2) is 4.98 Å². The molecule has 35 heavy (non-hydrogen) atoms. The number of ether oxygens (including phenoxy) is 1. The van der Waals surface area contributed by atoms with Gasteiger partial charge in [-0.05, 0) is 60.7 Å². The van der Waals surface area contributed by atoms with E-state index in [2.05, 4.69) is 15.6 Å². The molecule has 2 amide bonds. The van der Waals surface area contributed by atoms with Gasteiger partial charge in [-0.1, -0.05) is 23.7 Å². The number of rotatable bonds is 7. The average Bonchev–Trinajstić information content (AvgIpc) is 3.55. The highest BCUT2D eigenvalue weighted by molar-refractivity contribution is 6.31. The number of carbonyl (C=O) groups is 2. The summed E-state index contributed by atoms with van der Waals surface area (Å²) in [6.45, 7) is 0.257. The zero-order chi connectivity index (χ0) is 24.2. The largest absolute Gasteiger partial charge is 0.487 e. The van der Waals surface area contributed by atoms with E-state index in [0.29, 0.717) is 27.7 Å². The number of anilines is 2. The number of pyridine rings is 1. The molecule has 0 radical (unpaired) electrons. The Morgan fingerprint density at radius 3 is 2.66 bits per heavy atom. The molecule has 2 N–H and O–H groups in total. The number of hydrogen-bond acceptors (Lipinski definition) is 5. The van der Waals surface area contributed by atoms with E-state index in [0.717, 1.165) is 11.3 Å². The first kappa shape index (κ1) is 22.2. The van der Waals surface area contributed by atoms with Gasteiger partial charge in [-0.2, -0.15) is 0 Å². The molecule has 0 aliphatic heterocycles. The van der Waals surface area contributed by atoms with Crippen LogP contribution < -0.4 is 15.4 Å². The Kier molecular flexibility index (Phi) is 6.19. The fourth-order valence-electron chi connectivity index (χ4n) is 3.46. The highest BCUT2D eigenvalue weighted by atomic mass is 35.5. The number of furan rings is 1. The fraction of sp³-hybridized carbons (Fsp3) is 0.0385. The SMILES string of the molecule is O=C(Nc1ccc(Cl)cc1NC(=O)c1ccco1)c1cccc(OCc2cn3ccccc3n2)c1. The van der Waals surface area contributed by atoms with Gasteiger partial charge in [0.25, 0.3) is 11.8 Å². The first-order valence-electron chi connectivity index (χ1n) is 10.7. The zero-order valence-corrected chi connectivity index (χ0v) is 19.0. The van der Waals surface area contributed by atoms with Gasteiger partial charge in [-0.3, -0.25) is 9.59 Å². The molecule has 174 valence electrons. The third-order valence-electron chi connectivity index (χ3n) is 5.12.